The first-order chi connectivity index (χ1) is 15.1. The number of likely N-dealkylation sites (N-methyl/N-ethyl adjacent to an activating group) is 1. The average molecular weight is 476 g/mol. The molecule has 32 heavy (non-hydrogen) atoms. The molecule has 2 heterocycles. The summed E-state index contributed by atoms with van der Waals surface area (Å²) in [5.41, 5.74) is 0.372. The molecule has 0 saturated carbocycles. The van der Waals surface area contributed by atoms with Crippen molar-refractivity contribution in [3.05, 3.63) is 42.5 Å². The number of benzene rings is 2. The zero-order valence-corrected chi connectivity index (χ0v) is 19.9. The van der Waals surface area contributed by atoms with Crippen molar-refractivity contribution < 1.29 is 22.7 Å². The SMILES string of the molecule is CC1Oc2ccccc2OC1C(=O)N(CCN(C)C)c1nc2c(S(C)(=O)=O)cccc2s1. The fraction of sp³-hybridized carbons (Fsp3) is 0.364. The number of para-hydroxylation sites is 3. The molecule has 0 radical (unpaired) electrons. The third-order valence-electron chi connectivity index (χ3n) is 5.12. The minimum Gasteiger partial charge on any atom is -0.482 e. The molecule has 0 aliphatic carbocycles. The van der Waals surface area contributed by atoms with E-state index in [2.05, 4.69) is 4.98 Å². The van der Waals surface area contributed by atoms with Gasteiger partial charge in [0.15, 0.2) is 26.5 Å². The summed E-state index contributed by atoms with van der Waals surface area (Å²) in [6, 6.07) is 12.3. The van der Waals surface area contributed by atoms with Gasteiger partial charge in [0.05, 0.1) is 9.60 Å². The Labute approximate surface area is 191 Å². The van der Waals surface area contributed by atoms with Crippen molar-refractivity contribution in [1.29, 1.82) is 0 Å². The summed E-state index contributed by atoms with van der Waals surface area (Å²) in [4.78, 5) is 21.9. The Kier molecular flexibility index (Phi) is 6.11. The van der Waals surface area contributed by atoms with Crippen LogP contribution >= 0.6 is 11.3 Å². The summed E-state index contributed by atoms with van der Waals surface area (Å²) in [5.74, 6) is 0.829. The van der Waals surface area contributed by atoms with Crippen LogP contribution in [0.5, 0.6) is 11.5 Å². The first-order valence-corrected chi connectivity index (χ1v) is 12.8. The molecule has 1 amide bonds. The standard InChI is InChI=1S/C22H25N3O5S2/c1-14-20(30-16-9-6-5-8-15(16)29-14)21(26)25(13-12-24(2)3)22-23-19-17(31-22)10-7-11-18(19)32(4,27)28/h5-11,14,20H,12-13H2,1-4H3. The summed E-state index contributed by atoms with van der Waals surface area (Å²) in [5, 5.41) is 0.428. The Hall–Kier alpha value is -2.69. The second kappa shape index (κ2) is 8.68. The second-order valence-electron chi connectivity index (χ2n) is 7.97. The van der Waals surface area contributed by atoms with E-state index >= 15 is 0 Å². The van der Waals surface area contributed by atoms with Crippen molar-refractivity contribution >= 4 is 42.4 Å². The van der Waals surface area contributed by atoms with Crippen molar-refractivity contribution in [2.24, 2.45) is 0 Å². The highest BCUT2D eigenvalue weighted by Crippen LogP contribution is 2.36. The van der Waals surface area contributed by atoms with E-state index in [1.165, 1.54) is 17.4 Å². The maximum absolute atomic E-state index is 13.6. The maximum atomic E-state index is 13.6. The molecule has 1 aliphatic rings. The van der Waals surface area contributed by atoms with E-state index in [1.807, 2.05) is 31.1 Å². The predicted molar refractivity (Wildman–Crippen MR) is 125 cm³/mol. The molecule has 0 spiro atoms. The Morgan fingerprint density at radius 2 is 1.75 bits per heavy atom. The Bertz CT molecular complexity index is 1260. The van der Waals surface area contributed by atoms with Gasteiger partial charge in [0.25, 0.3) is 5.91 Å². The molecule has 170 valence electrons. The van der Waals surface area contributed by atoms with Crippen LogP contribution in [-0.4, -0.2) is 69.9 Å². The minimum absolute atomic E-state index is 0.150. The normalized spacial score (nSPS) is 18.2. The minimum atomic E-state index is -3.46. The van der Waals surface area contributed by atoms with Gasteiger partial charge in [-0.15, -0.1) is 0 Å². The van der Waals surface area contributed by atoms with Crippen LogP contribution in [0.3, 0.4) is 0 Å². The van der Waals surface area contributed by atoms with E-state index < -0.39 is 22.0 Å². The molecular formula is C22H25N3O5S2. The van der Waals surface area contributed by atoms with Crippen LogP contribution in [-0.2, 0) is 14.6 Å². The first-order valence-electron chi connectivity index (χ1n) is 10.1. The lowest BCUT2D eigenvalue weighted by Gasteiger charge is -2.34. The number of sulfone groups is 1. The van der Waals surface area contributed by atoms with Gasteiger partial charge in [-0.2, -0.15) is 0 Å². The summed E-state index contributed by atoms with van der Waals surface area (Å²) in [6.45, 7) is 2.76. The largest absolute Gasteiger partial charge is 0.482 e. The number of hydrogen-bond acceptors (Lipinski definition) is 8. The number of ether oxygens (including phenoxy) is 2. The van der Waals surface area contributed by atoms with Crippen molar-refractivity contribution in [2.45, 2.75) is 24.0 Å². The molecule has 4 rings (SSSR count). The highest BCUT2D eigenvalue weighted by atomic mass is 32.2. The van der Waals surface area contributed by atoms with Crippen molar-refractivity contribution in [3.8, 4) is 11.5 Å². The van der Waals surface area contributed by atoms with Gasteiger partial charge in [-0.25, -0.2) is 13.4 Å². The third-order valence-corrected chi connectivity index (χ3v) is 7.30. The van der Waals surface area contributed by atoms with Gasteiger partial charge in [0.1, 0.15) is 11.6 Å². The van der Waals surface area contributed by atoms with Gasteiger partial charge in [-0.05, 0) is 45.3 Å². The van der Waals surface area contributed by atoms with Gasteiger partial charge >= 0.3 is 0 Å². The smallest absolute Gasteiger partial charge is 0.273 e. The lowest BCUT2D eigenvalue weighted by molar-refractivity contribution is -0.130. The van der Waals surface area contributed by atoms with Crippen LogP contribution < -0.4 is 14.4 Å². The highest BCUT2D eigenvalue weighted by Gasteiger charge is 2.38. The number of nitrogens with zero attached hydrogens (tertiary/aromatic N) is 3. The Morgan fingerprint density at radius 1 is 1.06 bits per heavy atom. The molecular weight excluding hydrogens is 450 g/mol. The number of aromatic nitrogens is 1. The predicted octanol–water partition coefficient (Wildman–Crippen LogP) is 2.82. The average Bonchev–Trinajstić information content (AvgIpc) is 3.16. The van der Waals surface area contributed by atoms with Gasteiger partial charge in [-0.3, -0.25) is 9.69 Å². The summed E-state index contributed by atoms with van der Waals surface area (Å²) >= 11 is 1.28. The van der Waals surface area contributed by atoms with E-state index in [1.54, 1.807) is 36.1 Å². The number of fused-ring (bicyclic) bond motifs is 2. The molecule has 1 aromatic heterocycles. The van der Waals surface area contributed by atoms with Crippen LogP contribution in [0.4, 0.5) is 5.13 Å². The molecule has 2 atom stereocenters. The van der Waals surface area contributed by atoms with E-state index in [0.29, 0.717) is 39.9 Å². The van der Waals surface area contributed by atoms with Crippen molar-refractivity contribution in [2.75, 3.05) is 38.3 Å². The number of carbonyl (C=O) groups is 1. The fourth-order valence-electron chi connectivity index (χ4n) is 3.47. The monoisotopic (exact) mass is 475 g/mol. The van der Waals surface area contributed by atoms with Crippen molar-refractivity contribution in [1.82, 2.24) is 9.88 Å². The molecule has 1 aliphatic heterocycles. The molecule has 2 unspecified atom stereocenters. The van der Waals surface area contributed by atoms with Crippen LogP contribution in [0, 0.1) is 0 Å². The zero-order chi connectivity index (χ0) is 23.0. The van der Waals surface area contributed by atoms with E-state index in [9.17, 15) is 13.2 Å². The molecule has 8 nitrogen and oxygen atoms in total. The molecule has 3 aromatic rings. The van der Waals surface area contributed by atoms with Crippen molar-refractivity contribution in [3.63, 3.8) is 0 Å². The lowest BCUT2D eigenvalue weighted by atomic mass is 10.1. The number of amides is 1. The summed E-state index contributed by atoms with van der Waals surface area (Å²) in [6.07, 6.45) is -0.198. The lowest BCUT2D eigenvalue weighted by Crippen LogP contribution is -2.52. The van der Waals surface area contributed by atoms with Crippen LogP contribution in [0.2, 0.25) is 0 Å². The maximum Gasteiger partial charge on any atom is 0.273 e. The molecule has 0 saturated heterocycles. The number of carbonyl (C=O) groups excluding carboxylic acids is 1. The quantitative estimate of drug-likeness (QED) is 0.542. The van der Waals surface area contributed by atoms with E-state index in [0.717, 1.165) is 6.26 Å². The number of rotatable bonds is 6. The molecule has 2 aromatic carbocycles. The second-order valence-corrected chi connectivity index (χ2v) is 11.0. The number of hydrogen-bond donors (Lipinski definition) is 0. The summed E-state index contributed by atoms with van der Waals surface area (Å²) in [7, 11) is 0.374. The third kappa shape index (κ3) is 4.43. The van der Waals surface area contributed by atoms with E-state index in [4.69, 9.17) is 9.47 Å². The number of thiazole rings is 1. The number of anilines is 1. The van der Waals surface area contributed by atoms with Gasteiger partial charge < -0.3 is 14.4 Å². The van der Waals surface area contributed by atoms with Gasteiger partial charge in [-0.1, -0.05) is 29.5 Å². The van der Waals surface area contributed by atoms with E-state index in [-0.39, 0.29) is 10.8 Å². The first kappa shape index (κ1) is 22.5. The highest BCUT2D eigenvalue weighted by molar-refractivity contribution is 7.91. The Balaban J connectivity index is 1.72. The summed E-state index contributed by atoms with van der Waals surface area (Å²) < 4.78 is 37.1. The molecule has 0 fully saturated rings. The van der Waals surface area contributed by atoms with Crippen LogP contribution in [0.1, 0.15) is 6.92 Å². The molecule has 0 bridgehead atoms. The molecule has 0 N–H and O–H groups in total. The van der Waals surface area contributed by atoms with Crippen LogP contribution in [0.15, 0.2) is 47.4 Å². The molecule has 10 heteroatoms. The fourth-order valence-corrected chi connectivity index (χ4v) is 5.39. The van der Waals surface area contributed by atoms with Crippen LogP contribution in [0.25, 0.3) is 10.2 Å². The topological polar surface area (TPSA) is 89.0 Å². The van der Waals surface area contributed by atoms with Gasteiger partial charge in [0.2, 0.25) is 6.10 Å². The zero-order valence-electron chi connectivity index (χ0n) is 18.3. The Morgan fingerprint density at radius 3 is 2.41 bits per heavy atom. The van der Waals surface area contributed by atoms with Gasteiger partial charge in [0, 0.05) is 19.3 Å².